The summed E-state index contributed by atoms with van der Waals surface area (Å²) in [5, 5.41) is 15.3. The van der Waals surface area contributed by atoms with Gasteiger partial charge in [-0.25, -0.2) is 8.42 Å². The lowest BCUT2D eigenvalue weighted by Crippen LogP contribution is -2.28. The summed E-state index contributed by atoms with van der Waals surface area (Å²) >= 11 is 0. The van der Waals surface area contributed by atoms with Gasteiger partial charge < -0.3 is 9.42 Å². The summed E-state index contributed by atoms with van der Waals surface area (Å²) in [7, 11) is -2.21. The second-order valence-corrected chi connectivity index (χ2v) is 9.07. The van der Waals surface area contributed by atoms with E-state index in [1.54, 1.807) is 7.05 Å². The number of nitro groups is 1. The summed E-state index contributed by atoms with van der Waals surface area (Å²) in [6.45, 7) is 0.377. The Hall–Kier alpha value is -3.53. The van der Waals surface area contributed by atoms with Gasteiger partial charge in [0, 0.05) is 49.5 Å². The van der Waals surface area contributed by atoms with Crippen LogP contribution in [-0.2, 0) is 16.3 Å². The topological polar surface area (TPSA) is 124 Å². The lowest BCUT2D eigenvalue weighted by molar-refractivity contribution is -0.387. The summed E-state index contributed by atoms with van der Waals surface area (Å²) in [5.74, 6) is 0.249. The van der Waals surface area contributed by atoms with Gasteiger partial charge in [-0.1, -0.05) is 35.5 Å². The van der Waals surface area contributed by atoms with Crippen molar-refractivity contribution in [1.29, 1.82) is 0 Å². The van der Waals surface area contributed by atoms with Gasteiger partial charge in [0.25, 0.3) is 11.6 Å². The molecule has 0 N–H and O–H groups in total. The van der Waals surface area contributed by atoms with Gasteiger partial charge >= 0.3 is 0 Å². The third-order valence-electron chi connectivity index (χ3n) is 4.69. The van der Waals surface area contributed by atoms with Gasteiger partial charge in [-0.15, -0.1) is 0 Å². The van der Waals surface area contributed by atoms with Crippen LogP contribution in [0.4, 0.5) is 5.69 Å². The molecule has 0 radical (unpaired) electrons. The van der Waals surface area contributed by atoms with Crippen LogP contribution in [0.2, 0.25) is 0 Å². The fourth-order valence-electron chi connectivity index (χ4n) is 3.09. The molecule has 9 nitrogen and oxygen atoms in total. The van der Waals surface area contributed by atoms with Crippen LogP contribution in [0.25, 0.3) is 11.3 Å². The van der Waals surface area contributed by atoms with Crippen LogP contribution in [0.3, 0.4) is 0 Å². The van der Waals surface area contributed by atoms with Crippen LogP contribution in [0, 0.1) is 10.1 Å². The van der Waals surface area contributed by atoms with E-state index < -0.39 is 31.3 Å². The summed E-state index contributed by atoms with van der Waals surface area (Å²) < 4.78 is 28.8. The summed E-state index contributed by atoms with van der Waals surface area (Å²) in [6, 6.07) is 14.8. The number of sulfone groups is 1. The van der Waals surface area contributed by atoms with Crippen molar-refractivity contribution in [3.05, 3.63) is 76.0 Å². The second kappa shape index (κ2) is 9.09. The highest BCUT2D eigenvalue weighted by atomic mass is 32.2. The number of hydrogen-bond donors (Lipinski definition) is 0. The van der Waals surface area contributed by atoms with Gasteiger partial charge in [0.2, 0.25) is 0 Å². The summed E-state index contributed by atoms with van der Waals surface area (Å²) in [6.07, 6.45) is 2.04. The summed E-state index contributed by atoms with van der Waals surface area (Å²) in [4.78, 5) is 24.1. The molecule has 10 heteroatoms. The largest absolute Gasteiger partial charge is 0.361 e. The number of nitro benzene ring substituents is 1. The van der Waals surface area contributed by atoms with Crippen molar-refractivity contribution >= 4 is 21.4 Å². The molecular weight excluding hydrogens is 422 g/mol. The van der Waals surface area contributed by atoms with Crippen molar-refractivity contribution in [3.8, 4) is 11.3 Å². The average Bonchev–Trinajstić information content (AvgIpc) is 3.21. The van der Waals surface area contributed by atoms with Crippen LogP contribution in [0.1, 0.15) is 22.5 Å². The summed E-state index contributed by atoms with van der Waals surface area (Å²) in [5.41, 5.74) is 1.12. The molecule has 0 unspecified atom stereocenters. The van der Waals surface area contributed by atoms with E-state index in [2.05, 4.69) is 5.16 Å². The Balaban J connectivity index is 1.63. The van der Waals surface area contributed by atoms with Crippen LogP contribution >= 0.6 is 0 Å². The first-order valence-electron chi connectivity index (χ1n) is 9.42. The average molecular weight is 443 g/mol. The number of carbonyl (C=O) groups is 1. The molecule has 0 aliphatic carbocycles. The molecule has 3 aromatic rings. The highest BCUT2D eigenvalue weighted by Gasteiger charge is 2.25. The highest BCUT2D eigenvalue weighted by molar-refractivity contribution is 7.90. The molecule has 0 saturated carbocycles. The minimum Gasteiger partial charge on any atom is -0.361 e. The Morgan fingerprint density at radius 2 is 1.87 bits per heavy atom. The van der Waals surface area contributed by atoms with Crippen molar-refractivity contribution in [1.82, 2.24) is 10.1 Å². The van der Waals surface area contributed by atoms with Crippen molar-refractivity contribution in [2.75, 3.05) is 19.8 Å². The smallest absolute Gasteiger partial charge is 0.288 e. The normalized spacial score (nSPS) is 11.3. The van der Waals surface area contributed by atoms with Crippen LogP contribution in [0.15, 0.2) is 64.0 Å². The van der Waals surface area contributed by atoms with E-state index >= 15 is 0 Å². The zero-order chi connectivity index (χ0) is 22.6. The maximum atomic E-state index is 12.6. The third kappa shape index (κ3) is 5.34. The fourth-order valence-corrected chi connectivity index (χ4v) is 3.92. The number of hydrogen-bond acceptors (Lipinski definition) is 7. The molecule has 0 spiro atoms. The molecule has 1 amide bonds. The lowest BCUT2D eigenvalue weighted by Gasteiger charge is -2.17. The Morgan fingerprint density at radius 1 is 1.16 bits per heavy atom. The van der Waals surface area contributed by atoms with E-state index in [4.69, 9.17) is 4.52 Å². The zero-order valence-corrected chi connectivity index (χ0v) is 17.8. The Kier molecular flexibility index (Phi) is 6.50. The van der Waals surface area contributed by atoms with Gasteiger partial charge in [0.1, 0.15) is 16.3 Å². The number of carbonyl (C=O) groups excluding carboxylic acids is 1. The Bertz CT molecular complexity index is 1200. The number of benzene rings is 2. The molecule has 162 valence electrons. The number of nitrogens with zero attached hydrogens (tertiary/aromatic N) is 3. The highest BCUT2D eigenvalue weighted by Crippen LogP contribution is 2.25. The van der Waals surface area contributed by atoms with E-state index in [-0.39, 0.29) is 5.56 Å². The van der Waals surface area contributed by atoms with Crippen molar-refractivity contribution in [2.24, 2.45) is 0 Å². The molecule has 3 rings (SSSR count). The molecule has 0 saturated heterocycles. The Labute approximate surface area is 179 Å². The first-order valence-corrected chi connectivity index (χ1v) is 11.3. The van der Waals surface area contributed by atoms with Crippen molar-refractivity contribution < 1.29 is 22.7 Å². The molecule has 0 bridgehead atoms. The van der Waals surface area contributed by atoms with Gasteiger partial charge in [-0.3, -0.25) is 14.9 Å². The zero-order valence-electron chi connectivity index (χ0n) is 17.0. The molecule has 2 aromatic carbocycles. The monoisotopic (exact) mass is 443 g/mol. The number of rotatable bonds is 8. The van der Waals surface area contributed by atoms with Gasteiger partial charge in [-0.05, 0) is 18.6 Å². The molecule has 0 aliphatic rings. The fraction of sp³-hybridized carbons (Fsp3) is 0.238. The Morgan fingerprint density at radius 3 is 2.52 bits per heavy atom. The minimum absolute atomic E-state index is 0.0487. The maximum absolute atomic E-state index is 12.6. The van der Waals surface area contributed by atoms with E-state index in [9.17, 15) is 23.3 Å². The quantitative estimate of drug-likeness (QED) is 0.386. The predicted octanol–water partition coefficient (Wildman–Crippen LogP) is 3.36. The molecule has 0 aliphatic heterocycles. The molecule has 31 heavy (non-hydrogen) atoms. The van der Waals surface area contributed by atoms with E-state index in [0.29, 0.717) is 25.1 Å². The SMILES string of the molecule is CN(CCCc1cc(-c2ccccc2)no1)C(=O)c1ccc(S(C)(=O)=O)c([N+](=O)[O-])c1. The molecule has 0 fully saturated rings. The standard InChI is InChI=1S/C21H21N3O6S/c1-23(12-6-9-17-14-18(22-30-17)15-7-4-3-5-8-15)21(25)16-10-11-20(31(2,28)29)19(13-16)24(26)27/h3-5,7-8,10-11,13-14H,6,9,12H2,1-2H3. The second-order valence-electron chi connectivity index (χ2n) is 7.09. The van der Waals surface area contributed by atoms with Crippen LogP contribution in [-0.4, -0.2) is 49.2 Å². The molecule has 0 atom stereocenters. The van der Waals surface area contributed by atoms with Gasteiger partial charge in [0.15, 0.2) is 9.84 Å². The van der Waals surface area contributed by atoms with E-state index in [1.807, 2.05) is 36.4 Å². The molecular formula is C21H21N3O6S. The maximum Gasteiger partial charge on any atom is 0.288 e. The van der Waals surface area contributed by atoms with Gasteiger partial charge in [0.05, 0.1) is 4.92 Å². The molecule has 1 aromatic heterocycles. The first-order chi connectivity index (χ1) is 14.7. The number of amides is 1. The van der Waals surface area contributed by atoms with E-state index in [1.165, 1.54) is 11.0 Å². The van der Waals surface area contributed by atoms with E-state index in [0.717, 1.165) is 29.6 Å². The van der Waals surface area contributed by atoms with Crippen molar-refractivity contribution in [2.45, 2.75) is 17.7 Å². The lowest BCUT2D eigenvalue weighted by atomic mass is 10.1. The van der Waals surface area contributed by atoms with Crippen molar-refractivity contribution in [3.63, 3.8) is 0 Å². The predicted molar refractivity (Wildman–Crippen MR) is 113 cm³/mol. The number of aromatic nitrogens is 1. The van der Waals surface area contributed by atoms with Crippen LogP contribution in [0.5, 0.6) is 0 Å². The first kappa shape index (κ1) is 22.2. The third-order valence-corrected chi connectivity index (χ3v) is 5.84. The number of aryl methyl sites for hydroxylation is 1. The minimum atomic E-state index is -3.79. The van der Waals surface area contributed by atoms with Crippen LogP contribution < -0.4 is 0 Å². The van der Waals surface area contributed by atoms with Gasteiger partial charge in [-0.2, -0.15) is 0 Å². The molecule has 1 heterocycles.